The highest BCUT2D eigenvalue weighted by molar-refractivity contribution is 6.18. The third-order valence-corrected chi connectivity index (χ3v) is 7.59. The smallest absolute Gasteiger partial charge is 0.300 e. The third kappa shape index (κ3) is 2.29. The molecule has 174 valence electrons. The predicted octanol–water partition coefficient (Wildman–Crippen LogP) is 4.32. The van der Waals surface area contributed by atoms with Crippen molar-refractivity contribution in [1.29, 1.82) is 5.26 Å². The summed E-state index contributed by atoms with van der Waals surface area (Å²) in [7, 11) is 0. The fourth-order valence-electron chi connectivity index (χ4n) is 6.07. The Morgan fingerprint density at radius 2 is 1.80 bits per heavy atom. The topological polar surface area (TPSA) is 110 Å². The second-order valence-electron chi connectivity index (χ2n) is 10.0. The Balaban J connectivity index is 1.89. The predicted molar refractivity (Wildman–Crippen MR) is 132 cm³/mol. The van der Waals surface area contributed by atoms with Crippen LogP contribution in [0.2, 0.25) is 0 Å². The summed E-state index contributed by atoms with van der Waals surface area (Å²) in [6.07, 6.45) is 2.03. The molecule has 0 unspecified atom stereocenters. The third-order valence-electron chi connectivity index (χ3n) is 7.59. The summed E-state index contributed by atoms with van der Waals surface area (Å²) < 4.78 is 11.7. The maximum absolute atomic E-state index is 14.7. The van der Waals surface area contributed by atoms with Gasteiger partial charge in [-0.2, -0.15) is 5.26 Å². The average molecular weight is 466 g/mol. The maximum atomic E-state index is 14.7. The van der Waals surface area contributed by atoms with Gasteiger partial charge in [-0.3, -0.25) is 9.59 Å². The summed E-state index contributed by atoms with van der Waals surface area (Å²) in [6.45, 7) is 9.76. The minimum atomic E-state index is -1.78. The molecular formula is C28H23N3O4. The Kier molecular flexibility index (Phi) is 3.90. The van der Waals surface area contributed by atoms with Crippen molar-refractivity contribution in [3.63, 3.8) is 0 Å². The number of aryl methyl sites for hydroxylation is 1. The molecule has 3 aliphatic heterocycles. The second kappa shape index (κ2) is 6.42. The van der Waals surface area contributed by atoms with Gasteiger partial charge < -0.3 is 19.8 Å². The van der Waals surface area contributed by atoms with Gasteiger partial charge in [0.1, 0.15) is 22.8 Å². The summed E-state index contributed by atoms with van der Waals surface area (Å²) in [4.78, 5) is 30.5. The van der Waals surface area contributed by atoms with Gasteiger partial charge in [-0.25, -0.2) is 0 Å². The van der Waals surface area contributed by atoms with Crippen LogP contribution in [0.5, 0.6) is 5.95 Å². The van der Waals surface area contributed by atoms with E-state index in [9.17, 15) is 14.9 Å². The first-order valence-corrected chi connectivity index (χ1v) is 11.4. The Morgan fingerprint density at radius 3 is 2.51 bits per heavy atom. The number of benzene rings is 2. The number of rotatable bonds is 0. The molecule has 7 nitrogen and oxygen atoms in total. The van der Waals surface area contributed by atoms with Crippen LogP contribution in [0, 0.1) is 25.2 Å². The van der Waals surface area contributed by atoms with Gasteiger partial charge in [-0.1, -0.05) is 18.2 Å². The van der Waals surface area contributed by atoms with Crippen LogP contribution in [0.25, 0.3) is 16.5 Å². The molecule has 7 heteroatoms. The number of anilines is 1. The van der Waals surface area contributed by atoms with E-state index in [2.05, 4.69) is 12.1 Å². The summed E-state index contributed by atoms with van der Waals surface area (Å²) in [6, 6.07) is 10.9. The molecule has 0 bridgehead atoms. The lowest BCUT2D eigenvalue weighted by Crippen LogP contribution is -2.54. The SMILES string of the molecule is CC1=CC(C)(C)N2C(=O)[C@@]3(C(C#N)=C(N)Oc4oc5ccccc5c(=O)c43)c3c(C)c(C)cc1c32. The van der Waals surface area contributed by atoms with Crippen LogP contribution in [-0.4, -0.2) is 11.4 Å². The standard InChI is InChI=1S/C28H23N3O4/c1-13-10-17-14(2)11-27(4,5)31-22(17)20(15(13)3)28(26(31)33)18(12-29)24(30)35-25-21(28)23(32)16-8-6-7-9-19(16)34-25/h6-11H,30H2,1-5H3/t28-/m0/s1. The van der Waals surface area contributed by atoms with Crippen molar-refractivity contribution in [2.45, 2.75) is 45.6 Å². The highest BCUT2D eigenvalue weighted by Crippen LogP contribution is 2.60. The van der Waals surface area contributed by atoms with Crippen LogP contribution < -0.4 is 20.8 Å². The van der Waals surface area contributed by atoms with E-state index < -0.39 is 22.3 Å². The zero-order valence-electron chi connectivity index (χ0n) is 20.1. The van der Waals surface area contributed by atoms with E-state index in [0.717, 1.165) is 22.3 Å². The fourth-order valence-corrected chi connectivity index (χ4v) is 6.07. The number of amides is 1. The number of hydrogen-bond acceptors (Lipinski definition) is 6. The average Bonchev–Trinajstić information content (AvgIpc) is 3.05. The van der Waals surface area contributed by atoms with E-state index in [1.807, 2.05) is 40.7 Å². The molecule has 6 rings (SSSR count). The van der Waals surface area contributed by atoms with Gasteiger partial charge >= 0.3 is 5.95 Å². The Morgan fingerprint density at radius 1 is 1.09 bits per heavy atom. The first-order valence-electron chi connectivity index (χ1n) is 11.4. The lowest BCUT2D eigenvalue weighted by atomic mass is 9.67. The van der Waals surface area contributed by atoms with Crippen LogP contribution in [0.4, 0.5) is 5.69 Å². The zero-order chi connectivity index (χ0) is 25.0. The molecule has 0 aliphatic carbocycles. The summed E-state index contributed by atoms with van der Waals surface area (Å²) in [5.41, 5.74) is 8.51. The normalized spacial score (nSPS) is 21.5. The van der Waals surface area contributed by atoms with Gasteiger partial charge in [0, 0.05) is 11.1 Å². The molecule has 0 fully saturated rings. The molecule has 2 N–H and O–H groups in total. The summed E-state index contributed by atoms with van der Waals surface area (Å²) in [5.74, 6) is -0.817. The largest absolute Gasteiger partial charge is 0.425 e. The first kappa shape index (κ1) is 21.2. The van der Waals surface area contributed by atoms with Gasteiger partial charge in [0.05, 0.1) is 16.6 Å². The number of ether oxygens (including phenoxy) is 1. The van der Waals surface area contributed by atoms with Gasteiger partial charge in [-0.05, 0) is 69.5 Å². The van der Waals surface area contributed by atoms with E-state index in [1.165, 1.54) is 0 Å². The Bertz CT molecular complexity index is 1700. The highest BCUT2D eigenvalue weighted by Gasteiger charge is 2.65. The molecule has 4 heterocycles. The molecule has 3 aromatic rings. The number of para-hydroxylation sites is 1. The molecule has 0 saturated carbocycles. The number of nitrogens with two attached hydrogens (primary N) is 1. The number of hydrogen-bond donors (Lipinski definition) is 1. The van der Waals surface area contributed by atoms with E-state index in [4.69, 9.17) is 14.9 Å². The first-order chi connectivity index (χ1) is 16.6. The molecule has 0 saturated heterocycles. The minimum absolute atomic E-state index is 0.00861. The van der Waals surface area contributed by atoms with E-state index in [0.29, 0.717) is 22.2 Å². The number of carbonyl (C=O) groups excluding carboxylic acids is 1. The van der Waals surface area contributed by atoms with Crippen LogP contribution in [0.1, 0.15) is 48.6 Å². The number of nitrogens with zero attached hydrogens (tertiary/aromatic N) is 2. The zero-order valence-corrected chi connectivity index (χ0v) is 20.1. The molecule has 1 aromatic heterocycles. The van der Waals surface area contributed by atoms with Crippen molar-refractivity contribution in [3.8, 4) is 12.0 Å². The quantitative estimate of drug-likeness (QED) is 0.529. The van der Waals surface area contributed by atoms with Gasteiger partial charge in [-0.15, -0.1) is 0 Å². The van der Waals surface area contributed by atoms with Crippen LogP contribution >= 0.6 is 0 Å². The molecule has 3 aliphatic rings. The molecule has 1 amide bonds. The molecule has 35 heavy (non-hydrogen) atoms. The monoisotopic (exact) mass is 465 g/mol. The molecule has 0 radical (unpaired) electrons. The van der Waals surface area contributed by atoms with Gasteiger partial charge in [0.25, 0.3) is 0 Å². The Hall–Kier alpha value is -4.31. The minimum Gasteiger partial charge on any atom is -0.425 e. The molecular weight excluding hydrogens is 442 g/mol. The Labute approximate surface area is 201 Å². The van der Waals surface area contributed by atoms with Gasteiger partial charge in [0.15, 0.2) is 5.41 Å². The van der Waals surface area contributed by atoms with Crippen LogP contribution in [0.3, 0.4) is 0 Å². The lowest BCUT2D eigenvalue weighted by molar-refractivity contribution is -0.121. The fraction of sp³-hybridized carbons (Fsp3) is 0.250. The molecule has 1 spiro atoms. The van der Waals surface area contributed by atoms with E-state index >= 15 is 0 Å². The van der Waals surface area contributed by atoms with Crippen molar-refractivity contribution >= 4 is 28.1 Å². The number of allylic oxidation sites excluding steroid dienone is 1. The van der Waals surface area contributed by atoms with Crippen molar-refractivity contribution in [2.75, 3.05) is 4.90 Å². The lowest BCUT2D eigenvalue weighted by Gasteiger charge is -2.40. The molecule has 1 atom stereocenters. The number of fused-ring (bicyclic) bond motifs is 4. The van der Waals surface area contributed by atoms with Crippen molar-refractivity contribution in [1.82, 2.24) is 0 Å². The highest BCUT2D eigenvalue weighted by atomic mass is 16.6. The number of nitriles is 1. The van der Waals surface area contributed by atoms with E-state index in [-0.39, 0.29) is 23.0 Å². The summed E-state index contributed by atoms with van der Waals surface area (Å²) in [5, 5.41) is 10.7. The van der Waals surface area contributed by atoms with Crippen LogP contribution in [-0.2, 0) is 10.2 Å². The van der Waals surface area contributed by atoms with Crippen LogP contribution in [0.15, 0.2) is 57.1 Å². The maximum Gasteiger partial charge on any atom is 0.300 e. The van der Waals surface area contributed by atoms with Crippen molar-refractivity contribution < 1.29 is 13.9 Å². The van der Waals surface area contributed by atoms with Crippen molar-refractivity contribution in [2.24, 2.45) is 5.73 Å². The number of carbonyl (C=O) groups is 1. The van der Waals surface area contributed by atoms with E-state index in [1.54, 1.807) is 29.2 Å². The molecule has 2 aromatic carbocycles. The summed E-state index contributed by atoms with van der Waals surface area (Å²) >= 11 is 0. The van der Waals surface area contributed by atoms with Gasteiger partial charge in [0.2, 0.25) is 17.2 Å². The second-order valence-corrected chi connectivity index (χ2v) is 10.0. The van der Waals surface area contributed by atoms with Crippen molar-refractivity contribution in [3.05, 3.63) is 85.9 Å².